The Labute approximate surface area is 83.4 Å². The van der Waals surface area contributed by atoms with E-state index in [0.717, 1.165) is 31.9 Å². The first-order chi connectivity index (χ1) is 6.78. The van der Waals surface area contributed by atoms with Gasteiger partial charge in [-0.1, -0.05) is 0 Å². The molecule has 78 valence electrons. The normalized spacial score (nSPS) is 23.1. The molecule has 1 aliphatic heterocycles. The molecule has 0 saturated carbocycles. The van der Waals surface area contributed by atoms with Gasteiger partial charge in [0.15, 0.2) is 5.82 Å². The van der Waals surface area contributed by atoms with E-state index in [9.17, 15) is 0 Å². The maximum atomic E-state index is 8.99. The van der Waals surface area contributed by atoms with Crippen LogP contribution in [0.4, 0.5) is 0 Å². The molecule has 0 bridgehead atoms. The van der Waals surface area contributed by atoms with E-state index in [0.29, 0.717) is 12.5 Å². The van der Waals surface area contributed by atoms with Crippen molar-refractivity contribution in [2.24, 2.45) is 13.0 Å². The van der Waals surface area contributed by atoms with Crippen molar-refractivity contribution in [3.8, 4) is 0 Å². The molecule has 1 aliphatic rings. The zero-order chi connectivity index (χ0) is 9.97. The highest BCUT2D eigenvalue weighted by atomic mass is 16.3. The zero-order valence-corrected chi connectivity index (χ0v) is 8.43. The zero-order valence-electron chi connectivity index (χ0n) is 8.43. The molecular weight excluding hydrogens is 180 g/mol. The molecule has 0 aliphatic carbocycles. The number of nitrogens with zero attached hydrogens (tertiary/aromatic N) is 4. The van der Waals surface area contributed by atoms with E-state index in [4.69, 9.17) is 5.11 Å². The minimum atomic E-state index is 0.298. The minimum absolute atomic E-state index is 0.298. The number of likely N-dealkylation sites (tertiary alicyclic amines) is 1. The van der Waals surface area contributed by atoms with Crippen molar-refractivity contribution in [2.75, 3.05) is 19.7 Å². The van der Waals surface area contributed by atoms with Gasteiger partial charge in [-0.05, 0) is 18.9 Å². The molecule has 1 saturated heterocycles. The second-order valence-electron chi connectivity index (χ2n) is 3.91. The van der Waals surface area contributed by atoms with Gasteiger partial charge < -0.3 is 5.11 Å². The lowest BCUT2D eigenvalue weighted by Crippen LogP contribution is -2.21. The number of hydrogen-bond donors (Lipinski definition) is 1. The first kappa shape index (κ1) is 9.61. The molecule has 1 atom stereocenters. The van der Waals surface area contributed by atoms with Crippen molar-refractivity contribution in [3.05, 3.63) is 12.2 Å². The predicted octanol–water partition coefficient (Wildman–Crippen LogP) is -0.371. The van der Waals surface area contributed by atoms with E-state index in [1.807, 2.05) is 7.05 Å². The fraction of sp³-hybridized carbons (Fsp3) is 0.778. The Balaban J connectivity index is 1.87. The van der Waals surface area contributed by atoms with Crippen molar-refractivity contribution in [2.45, 2.75) is 13.0 Å². The summed E-state index contributed by atoms with van der Waals surface area (Å²) in [5.74, 6) is 1.31. The van der Waals surface area contributed by atoms with E-state index < -0.39 is 0 Å². The largest absolute Gasteiger partial charge is 0.396 e. The van der Waals surface area contributed by atoms with Crippen LogP contribution in [-0.4, -0.2) is 44.5 Å². The molecule has 1 N–H and O–H groups in total. The standard InChI is InChI=1S/C9H16N4O/c1-12-7-10-9(11-12)5-13-3-2-8(4-13)6-14/h7-8,14H,2-6H2,1H3. The second kappa shape index (κ2) is 4.06. The lowest BCUT2D eigenvalue weighted by atomic mass is 10.1. The van der Waals surface area contributed by atoms with Gasteiger partial charge in [-0.25, -0.2) is 4.98 Å². The van der Waals surface area contributed by atoms with Gasteiger partial charge in [0, 0.05) is 20.2 Å². The molecule has 1 unspecified atom stereocenters. The molecule has 2 rings (SSSR count). The van der Waals surface area contributed by atoms with Crippen molar-refractivity contribution in [3.63, 3.8) is 0 Å². The van der Waals surface area contributed by atoms with Gasteiger partial charge in [0.1, 0.15) is 6.33 Å². The number of aliphatic hydroxyl groups is 1. The summed E-state index contributed by atoms with van der Waals surface area (Å²) in [5, 5.41) is 13.2. The Hall–Kier alpha value is -0.940. The molecule has 0 spiro atoms. The number of aromatic nitrogens is 3. The highest BCUT2D eigenvalue weighted by molar-refractivity contribution is 4.84. The number of hydrogen-bond acceptors (Lipinski definition) is 4. The summed E-state index contributed by atoms with van der Waals surface area (Å²) >= 11 is 0. The fourth-order valence-electron chi connectivity index (χ4n) is 1.86. The summed E-state index contributed by atoms with van der Waals surface area (Å²) < 4.78 is 1.72. The maximum absolute atomic E-state index is 8.99. The van der Waals surface area contributed by atoms with Gasteiger partial charge in [-0.15, -0.1) is 0 Å². The van der Waals surface area contributed by atoms with Crippen LogP contribution in [0.15, 0.2) is 6.33 Å². The highest BCUT2D eigenvalue weighted by Gasteiger charge is 2.22. The second-order valence-corrected chi connectivity index (χ2v) is 3.91. The van der Waals surface area contributed by atoms with E-state index in [1.54, 1.807) is 11.0 Å². The highest BCUT2D eigenvalue weighted by Crippen LogP contribution is 2.16. The van der Waals surface area contributed by atoms with Crippen LogP contribution in [0.2, 0.25) is 0 Å². The van der Waals surface area contributed by atoms with Crippen molar-refractivity contribution in [1.29, 1.82) is 0 Å². The Morgan fingerprint density at radius 3 is 3.07 bits per heavy atom. The number of aryl methyl sites for hydroxylation is 1. The molecule has 1 fully saturated rings. The summed E-state index contributed by atoms with van der Waals surface area (Å²) in [7, 11) is 1.87. The van der Waals surface area contributed by atoms with Gasteiger partial charge in [-0.2, -0.15) is 5.10 Å². The molecule has 5 nitrogen and oxygen atoms in total. The fourth-order valence-corrected chi connectivity index (χ4v) is 1.86. The van der Waals surface area contributed by atoms with Crippen LogP contribution in [0.25, 0.3) is 0 Å². The van der Waals surface area contributed by atoms with Gasteiger partial charge in [0.2, 0.25) is 0 Å². The van der Waals surface area contributed by atoms with E-state index in [1.165, 1.54) is 0 Å². The third kappa shape index (κ3) is 2.10. The monoisotopic (exact) mass is 196 g/mol. The Kier molecular flexibility index (Phi) is 2.79. The maximum Gasteiger partial charge on any atom is 0.164 e. The first-order valence-electron chi connectivity index (χ1n) is 4.95. The molecule has 1 aromatic heterocycles. The van der Waals surface area contributed by atoms with Crippen LogP contribution >= 0.6 is 0 Å². The summed E-state index contributed by atoms with van der Waals surface area (Å²) in [6.45, 7) is 3.11. The van der Waals surface area contributed by atoms with E-state index in [-0.39, 0.29) is 0 Å². The summed E-state index contributed by atoms with van der Waals surface area (Å²) in [6, 6.07) is 0. The first-order valence-corrected chi connectivity index (χ1v) is 4.95. The van der Waals surface area contributed by atoms with Crippen LogP contribution in [0.3, 0.4) is 0 Å². The Morgan fingerprint density at radius 1 is 1.64 bits per heavy atom. The molecule has 1 aromatic rings. The van der Waals surface area contributed by atoms with Gasteiger partial charge >= 0.3 is 0 Å². The molecule has 0 aromatic carbocycles. The van der Waals surface area contributed by atoms with Crippen LogP contribution in [0, 0.1) is 5.92 Å². The van der Waals surface area contributed by atoms with Crippen LogP contribution in [-0.2, 0) is 13.6 Å². The third-order valence-corrected chi connectivity index (χ3v) is 2.64. The van der Waals surface area contributed by atoms with Crippen molar-refractivity contribution in [1.82, 2.24) is 19.7 Å². The lowest BCUT2D eigenvalue weighted by Gasteiger charge is -2.12. The quantitative estimate of drug-likeness (QED) is 0.716. The number of aliphatic hydroxyl groups excluding tert-OH is 1. The molecule has 2 heterocycles. The van der Waals surface area contributed by atoms with Crippen LogP contribution in [0.1, 0.15) is 12.2 Å². The summed E-state index contributed by atoms with van der Waals surface area (Å²) in [6.07, 6.45) is 2.80. The SMILES string of the molecule is Cn1cnc(CN2CCC(CO)C2)n1. The van der Waals surface area contributed by atoms with Crippen molar-refractivity contribution < 1.29 is 5.11 Å². The average Bonchev–Trinajstić information content (AvgIpc) is 2.76. The molecular formula is C9H16N4O. The topological polar surface area (TPSA) is 54.2 Å². The van der Waals surface area contributed by atoms with Crippen molar-refractivity contribution >= 4 is 0 Å². The third-order valence-electron chi connectivity index (χ3n) is 2.64. The Bertz CT molecular complexity index is 299. The summed E-state index contributed by atoms with van der Waals surface area (Å²) in [4.78, 5) is 6.47. The average molecular weight is 196 g/mol. The Morgan fingerprint density at radius 2 is 2.50 bits per heavy atom. The number of rotatable bonds is 3. The smallest absolute Gasteiger partial charge is 0.164 e. The minimum Gasteiger partial charge on any atom is -0.396 e. The van der Waals surface area contributed by atoms with Crippen LogP contribution < -0.4 is 0 Å². The van der Waals surface area contributed by atoms with Crippen LogP contribution in [0.5, 0.6) is 0 Å². The predicted molar refractivity (Wildman–Crippen MR) is 51.5 cm³/mol. The molecule has 5 heteroatoms. The molecule has 0 amide bonds. The van der Waals surface area contributed by atoms with Gasteiger partial charge in [0.05, 0.1) is 6.54 Å². The van der Waals surface area contributed by atoms with E-state index in [2.05, 4.69) is 15.0 Å². The molecule has 14 heavy (non-hydrogen) atoms. The molecule has 0 radical (unpaired) electrons. The van der Waals surface area contributed by atoms with Gasteiger partial charge in [-0.3, -0.25) is 9.58 Å². The van der Waals surface area contributed by atoms with E-state index >= 15 is 0 Å². The lowest BCUT2D eigenvalue weighted by molar-refractivity contribution is 0.219. The summed E-state index contributed by atoms with van der Waals surface area (Å²) in [5.41, 5.74) is 0. The van der Waals surface area contributed by atoms with Gasteiger partial charge in [0.25, 0.3) is 0 Å².